The van der Waals surface area contributed by atoms with Gasteiger partial charge in [-0.3, -0.25) is 4.79 Å². The second-order valence-corrected chi connectivity index (χ2v) is 5.24. The molecule has 0 saturated carbocycles. The van der Waals surface area contributed by atoms with Crippen LogP contribution in [-0.4, -0.2) is 33.6 Å². The molecule has 10 heteroatoms. The average Bonchev–Trinajstić information content (AvgIpc) is 2.59. The molecule has 2 N–H and O–H groups in total. The monoisotopic (exact) mass is 369 g/mol. The van der Waals surface area contributed by atoms with E-state index in [9.17, 15) is 22.8 Å². The first kappa shape index (κ1) is 19.2. The minimum Gasteiger partial charge on any atom is -0.482 e. The number of aromatic nitrogens is 2. The Hall–Kier alpha value is -3.17. The first-order valence-electron chi connectivity index (χ1n) is 7.31. The second-order valence-electron chi connectivity index (χ2n) is 5.24. The fraction of sp³-hybridized carbons (Fsp3) is 0.250. The summed E-state index contributed by atoms with van der Waals surface area (Å²) in [4.78, 5) is 28.8. The normalized spacial score (nSPS) is 12.3. The zero-order valence-corrected chi connectivity index (χ0v) is 13.4. The molecule has 1 heterocycles. The first-order chi connectivity index (χ1) is 12.2. The Morgan fingerprint density at radius 2 is 1.77 bits per heavy atom. The highest BCUT2D eigenvalue weighted by Crippen LogP contribution is 2.25. The topological polar surface area (TPSA) is 101 Å². The van der Waals surface area contributed by atoms with Crippen LogP contribution in [-0.2, 0) is 11.0 Å². The van der Waals surface area contributed by atoms with Crippen LogP contribution in [0, 0.1) is 0 Å². The van der Waals surface area contributed by atoms with Gasteiger partial charge < -0.3 is 15.2 Å². The third kappa shape index (κ3) is 5.16. The summed E-state index contributed by atoms with van der Waals surface area (Å²) in [6.45, 7) is 1.20. The van der Waals surface area contributed by atoms with E-state index in [0.29, 0.717) is 11.3 Å². The van der Waals surface area contributed by atoms with Crippen molar-refractivity contribution in [2.75, 3.05) is 6.61 Å². The number of hydrogen-bond donors (Lipinski definition) is 2. The van der Waals surface area contributed by atoms with Gasteiger partial charge in [0.25, 0.3) is 5.91 Å². The van der Waals surface area contributed by atoms with Gasteiger partial charge in [0.05, 0.1) is 11.6 Å². The van der Waals surface area contributed by atoms with Gasteiger partial charge in [-0.05, 0) is 24.6 Å². The smallest absolute Gasteiger partial charge is 0.451 e. The van der Waals surface area contributed by atoms with Gasteiger partial charge in [0, 0.05) is 12.4 Å². The van der Waals surface area contributed by atoms with E-state index in [4.69, 9.17) is 9.84 Å². The van der Waals surface area contributed by atoms with Crippen LogP contribution < -0.4 is 10.1 Å². The molecular weight excluding hydrogens is 355 g/mol. The molecule has 2 aromatic rings. The highest BCUT2D eigenvalue weighted by molar-refractivity contribution is 5.93. The SMILES string of the molecule is CC(NC(=O)c1cnc(C(F)(F)F)nc1)c1ccc(OCC(=O)O)cc1. The van der Waals surface area contributed by atoms with Crippen molar-refractivity contribution in [2.24, 2.45) is 0 Å². The average molecular weight is 369 g/mol. The van der Waals surface area contributed by atoms with Gasteiger partial charge in [0.2, 0.25) is 5.82 Å². The molecule has 0 aliphatic heterocycles. The number of benzene rings is 1. The molecule has 0 bridgehead atoms. The number of amides is 1. The summed E-state index contributed by atoms with van der Waals surface area (Å²) in [5, 5.41) is 11.1. The molecule has 7 nitrogen and oxygen atoms in total. The maximum Gasteiger partial charge on any atom is 0.451 e. The minimum atomic E-state index is -4.67. The number of carboxylic acid groups (broad SMARTS) is 1. The standard InChI is InChI=1S/C16H14F3N3O4/c1-9(10-2-4-12(5-3-10)26-8-13(23)24)22-14(25)11-6-20-15(21-7-11)16(17,18)19/h2-7,9H,8H2,1H3,(H,22,25)(H,23,24). The molecule has 1 amide bonds. The lowest BCUT2D eigenvalue weighted by atomic mass is 10.1. The minimum absolute atomic E-state index is 0.105. The summed E-state index contributed by atoms with van der Waals surface area (Å²) in [6.07, 6.45) is -3.06. The molecule has 1 aromatic heterocycles. The number of aliphatic carboxylic acids is 1. The van der Waals surface area contributed by atoms with Crippen LogP contribution in [0.3, 0.4) is 0 Å². The van der Waals surface area contributed by atoms with Gasteiger partial charge in [-0.2, -0.15) is 13.2 Å². The summed E-state index contributed by atoms with van der Waals surface area (Å²) in [5.41, 5.74) is 0.583. The Kier molecular flexibility index (Phi) is 5.75. The summed E-state index contributed by atoms with van der Waals surface area (Å²) in [7, 11) is 0. The van der Waals surface area contributed by atoms with Gasteiger partial charge in [0.15, 0.2) is 6.61 Å². The number of halogens is 3. The Labute approximate surface area is 145 Å². The number of ether oxygens (including phenoxy) is 1. The molecule has 0 spiro atoms. The highest BCUT2D eigenvalue weighted by Gasteiger charge is 2.34. The van der Waals surface area contributed by atoms with Gasteiger partial charge in [-0.15, -0.1) is 0 Å². The van der Waals surface area contributed by atoms with Crippen LogP contribution in [0.1, 0.15) is 34.7 Å². The number of alkyl halides is 3. The van der Waals surface area contributed by atoms with Gasteiger partial charge in [0.1, 0.15) is 5.75 Å². The molecule has 26 heavy (non-hydrogen) atoms. The molecule has 1 atom stereocenters. The van der Waals surface area contributed by atoms with Crippen LogP contribution in [0.15, 0.2) is 36.7 Å². The highest BCUT2D eigenvalue weighted by atomic mass is 19.4. The molecule has 0 fully saturated rings. The zero-order chi connectivity index (χ0) is 19.3. The number of carbonyl (C=O) groups is 2. The van der Waals surface area contributed by atoms with Crippen LogP contribution in [0.2, 0.25) is 0 Å². The number of carbonyl (C=O) groups excluding carboxylic acids is 1. The predicted octanol–water partition coefficient (Wildman–Crippen LogP) is 2.45. The van der Waals surface area contributed by atoms with Gasteiger partial charge in [-0.25, -0.2) is 14.8 Å². The molecular formula is C16H14F3N3O4. The van der Waals surface area contributed by atoms with Gasteiger partial charge >= 0.3 is 12.1 Å². The Bertz CT molecular complexity index is 777. The van der Waals surface area contributed by atoms with Crippen molar-refractivity contribution in [2.45, 2.75) is 19.1 Å². The fourth-order valence-corrected chi connectivity index (χ4v) is 1.95. The van der Waals surface area contributed by atoms with Crippen molar-refractivity contribution in [1.82, 2.24) is 15.3 Å². The summed E-state index contributed by atoms with van der Waals surface area (Å²) >= 11 is 0. The van der Waals surface area contributed by atoms with E-state index >= 15 is 0 Å². The number of rotatable bonds is 6. The maximum atomic E-state index is 12.4. The third-order valence-electron chi connectivity index (χ3n) is 3.26. The quantitative estimate of drug-likeness (QED) is 0.811. The predicted molar refractivity (Wildman–Crippen MR) is 82.5 cm³/mol. The number of nitrogens with zero attached hydrogens (tertiary/aromatic N) is 2. The molecule has 1 aromatic carbocycles. The molecule has 0 radical (unpaired) electrons. The van der Waals surface area contributed by atoms with E-state index in [1.54, 1.807) is 31.2 Å². The summed E-state index contributed by atoms with van der Waals surface area (Å²) in [6, 6.07) is 5.89. The third-order valence-corrected chi connectivity index (χ3v) is 3.26. The molecule has 1 unspecified atom stereocenters. The summed E-state index contributed by atoms with van der Waals surface area (Å²) in [5.74, 6) is -2.70. The van der Waals surface area contributed by atoms with E-state index in [-0.39, 0.29) is 5.56 Å². The van der Waals surface area contributed by atoms with E-state index in [1.165, 1.54) is 0 Å². The molecule has 2 rings (SSSR count). The number of carboxylic acids is 1. The van der Waals surface area contributed by atoms with Crippen molar-refractivity contribution >= 4 is 11.9 Å². The lowest BCUT2D eigenvalue weighted by Crippen LogP contribution is -2.27. The Balaban J connectivity index is 1.99. The first-order valence-corrected chi connectivity index (χ1v) is 7.31. The Morgan fingerprint density at radius 3 is 2.27 bits per heavy atom. The largest absolute Gasteiger partial charge is 0.482 e. The van der Waals surface area contributed by atoms with Crippen LogP contribution in [0.4, 0.5) is 13.2 Å². The number of hydrogen-bond acceptors (Lipinski definition) is 5. The van der Waals surface area contributed by atoms with Crippen molar-refractivity contribution in [3.63, 3.8) is 0 Å². The maximum absolute atomic E-state index is 12.4. The van der Waals surface area contributed by atoms with Crippen molar-refractivity contribution < 1.29 is 32.6 Å². The molecule has 138 valence electrons. The van der Waals surface area contributed by atoms with Crippen molar-refractivity contribution in [1.29, 1.82) is 0 Å². The van der Waals surface area contributed by atoms with Crippen molar-refractivity contribution in [3.8, 4) is 5.75 Å². The summed E-state index contributed by atoms with van der Waals surface area (Å²) < 4.78 is 42.2. The zero-order valence-electron chi connectivity index (χ0n) is 13.4. The Morgan fingerprint density at radius 1 is 1.19 bits per heavy atom. The van der Waals surface area contributed by atoms with E-state index in [1.807, 2.05) is 0 Å². The van der Waals surface area contributed by atoms with E-state index in [0.717, 1.165) is 12.4 Å². The van der Waals surface area contributed by atoms with Crippen LogP contribution >= 0.6 is 0 Å². The lowest BCUT2D eigenvalue weighted by Gasteiger charge is -2.15. The number of nitrogens with one attached hydrogen (secondary N) is 1. The molecule has 0 aliphatic rings. The van der Waals surface area contributed by atoms with Gasteiger partial charge in [-0.1, -0.05) is 12.1 Å². The molecule has 0 aliphatic carbocycles. The molecule has 0 saturated heterocycles. The lowest BCUT2D eigenvalue weighted by molar-refractivity contribution is -0.145. The van der Waals surface area contributed by atoms with Crippen LogP contribution in [0.25, 0.3) is 0 Å². The van der Waals surface area contributed by atoms with Crippen LogP contribution in [0.5, 0.6) is 5.75 Å². The van der Waals surface area contributed by atoms with E-state index < -0.39 is 36.5 Å². The second kappa shape index (κ2) is 7.81. The van der Waals surface area contributed by atoms with E-state index in [2.05, 4.69) is 15.3 Å². The fourth-order valence-electron chi connectivity index (χ4n) is 1.95. The van der Waals surface area contributed by atoms with Crippen molar-refractivity contribution in [3.05, 3.63) is 53.6 Å².